The first-order valence-electron chi connectivity index (χ1n) is 6.10. The van der Waals surface area contributed by atoms with Gasteiger partial charge in [-0.05, 0) is 18.6 Å². The predicted molar refractivity (Wildman–Crippen MR) is 82.6 cm³/mol. The third-order valence-corrected chi connectivity index (χ3v) is 5.49. The van der Waals surface area contributed by atoms with Crippen LogP contribution < -0.4 is 0 Å². The van der Waals surface area contributed by atoms with E-state index in [-0.39, 0.29) is 5.02 Å². The van der Waals surface area contributed by atoms with Crippen LogP contribution in [-0.2, 0) is 9.73 Å². The van der Waals surface area contributed by atoms with Crippen LogP contribution in [0.4, 0.5) is 11.4 Å². The van der Waals surface area contributed by atoms with Crippen LogP contribution in [0.25, 0.3) is 0 Å². The maximum atomic E-state index is 12.1. The van der Waals surface area contributed by atoms with E-state index in [1.807, 2.05) is 20.2 Å². The molecule has 1 aliphatic heterocycles. The van der Waals surface area contributed by atoms with Crippen LogP contribution in [-0.4, -0.2) is 41.0 Å². The molecule has 1 fully saturated rings. The number of benzene rings is 1. The van der Waals surface area contributed by atoms with Gasteiger partial charge in [0.2, 0.25) is 0 Å². The first-order chi connectivity index (χ1) is 9.43. The molecule has 0 amide bonds. The summed E-state index contributed by atoms with van der Waals surface area (Å²) in [7, 11) is 1.55. The molecular formula is C13H15ClN4OS. The topological polar surface area (TPSA) is 68.8 Å². The molecule has 0 bridgehead atoms. The fourth-order valence-electron chi connectivity index (χ4n) is 1.70. The SMILES string of the molecule is CN(C)C=Nc1cc(N=S2(=O)CCC2)cc(Cl)c1C#N. The number of aliphatic imine (C=N–C) groups is 1. The summed E-state index contributed by atoms with van der Waals surface area (Å²) >= 11 is 6.08. The van der Waals surface area contributed by atoms with Crippen molar-refractivity contribution >= 4 is 39.0 Å². The smallest absolute Gasteiger partial charge is 0.103 e. The molecule has 0 atom stereocenters. The summed E-state index contributed by atoms with van der Waals surface area (Å²) in [5.41, 5.74) is 1.26. The van der Waals surface area contributed by atoms with E-state index in [9.17, 15) is 4.21 Å². The highest BCUT2D eigenvalue weighted by Gasteiger charge is 2.19. The van der Waals surface area contributed by atoms with Gasteiger partial charge in [0.25, 0.3) is 0 Å². The lowest BCUT2D eigenvalue weighted by Crippen LogP contribution is -2.22. The fraction of sp³-hybridized carbons (Fsp3) is 0.385. The summed E-state index contributed by atoms with van der Waals surface area (Å²) in [4.78, 5) is 5.97. The third-order valence-electron chi connectivity index (χ3n) is 2.79. The molecule has 1 aromatic rings. The van der Waals surface area contributed by atoms with Crippen LogP contribution in [0.1, 0.15) is 12.0 Å². The van der Waals surface area contributed by atoms with Crippen LogP contribution in [0.15, 0.2) is 21.5 Å². The molecule has 0 saturated carbocycles. The Labute approximate surface area is 124 Å². The highest BCUT2D eigenvalue weighted by molar-refractivity contribution is 7.95. The third kappa shape index (κ3) is 3.30. The van der Waals surface area contributed by atoms with Crippen molar-refractivity contribution < 1.29 is 4.21 Å². The maximum Gasteiger partial charge on any atom is 0.103 e. The molecule has 0 aliphatic carbocycles. The van der Waals surface area contributed by atoms with Crippen molar-refractivity contribution in [2.75, 3.05) is 25.6 Å². The second kappa shape index (κ2) is 5.81. The van der Waals surface area contributed by atoms with Crippen LogP contribution in [0.5, 0.6) is 0 Å². The summed E-state index contributed by atoms with van der Waals surface area (Å²) in [5, 5.41) is 9.42. The average molecular weight is 311 g/mol. The van der Waals surface area contributed by atoms with Gasteiger partial charge in [0.1, 0.15) is 6.07 Å². The number of halogens is 1. The van der Waals surface area contributed by atoms with Gasteiger partial charge in [-0.25, -0.2) is 9.20 Å². The highest BCUT2D eigenvalue weighted by Crippen LogP contribution is 2.33. The molecule has 0 aromatic heterocycles. The van der Waals surface area contributed by atoms with Gasteiger partial charge < -0.3 is 4.90 Å². The van der Waals surface area contributed by atoms with Gasteiger partial charge in [-0.1, -0.05) is 11.6 Å². The lowest BCUT2D eigenvalue weighted by Gasteiger charge is -2.18. The second-order valence-corrected chi connectivity index (χ2v) is 7.72. The van der Waals surface area contributed by atoms with Crippen molar-refractivity contribution in [1.82, 2.24) is 4.90 Å². The number of nitriles is 1. The number of hydrogen-bond donors (Lipinski definition) is 0. The Kier molecular flexibility index (Phi) is 4.31. The summed E-state index contributed by atoms with van der Waals surface area (Å²) in [6, 6.07) is 5.25. The van der Waals surface area contributed by atoms with Crippen molar-refractivity contribution in [2.24, 2.45) is 9.36 Å². The van der Waals surface area contributed by atoms with E-state index < -0.39 is 9.73 Å². The monoisotopic (exact) mass is 310 g/mol. The van der Waals surface area contributed by atoms with Crippen LogP contribution in [0.2, 0.25) is 5.02 Å². The molecule has 1 saturated heterocycles. The zero-order valence-corrected chi connectivity index (χ0v) is 12.9. The molecule has 0 N–H and O–H groups in total. The molecule has 0 spiro atoms. The lowest BCUT2D eigenvalue weighted by molar-refractivity contribution is 0.643. The molecule has 2 rings (SSSR count). The molecule has 5 nitrogen and oxygen atoms in total. The van der Waals surface area contributed by atoms with E-state index in [0.29, 0.717) is 28.4 Å². The standard InChI is InChI=1S/C13H15ClN4OS/c1-18(2)9-16-13-7-10(6-12(14)11(13)8-15)17-20(19)4-3-5-20/h6-7,9H,3-5H2,1-2H3. The lowest BCUT2D eigenvalue weighted by atomic mass is 10.2. The van der Waals surface area contributed by atoms with Gasteiger partial charge in [0, 0.05) is 25.6 Å². The van der Waals surface area contributed by atoms with E-state index >= 15 is 0 Å². The first-order valence-corrected chi connectivity index (χ1v) is 8.33. The number of hydrogen-bond acceptors (Lipinski definition) is 4. The molecule has 20 heavy (non-hydrogen) atoms. The maximum absolute atomic E-state index is 12.1. The van der Waals surface area contributed by atoms with Crippen molar-refractivity contribution in [3.05, 3.63) is 22.7 Å². The van der Waals surface area contributed by atoms with Gasteiger partial charge in [0.15, 0.2) is 0 Å². The highest BCUT2D eigenvalue weighted by atomic mass is 35.5. The Bertz CT molecular complexity index is 702. The minimum atomic E-state index is -2.11. The molecule has 1 aromatic carbocycles. The molecule has 0 radical (unpaired) electrons. The van der Waals surface area contributed by atoms with Crippen molar-refractivity contribution in [3.63, 3.8) is 0 Å². The van der Waals surface area contributed by atoms with Gasteiger partial charge in [0.05, 0.1) is 38.0 Å². The fourth-order valence-corrected chi connectivity index (χ4v) is 3.40. The van der Waals surface area contributed by atoms with Crippen molar-refractivity contribution in [3.8, 4) is 6.07 Å². The zero-order valence-electron chi connectivity index (χ0n) is 11.3. The van der Waals surface area contributed by atoms with Crippen molar-refractivity contribution in [1.29, 1.82) is 5.26 Å². The van der Waals surface area contributed by atoms with Gasteiger partial charge in [-0.15, -0.1) is 0 Å². The molecular weight excluding hydrogens is 296 g/mol. The van der Waals surface area contributed by atoms with E-state index in [1.54, 1.807) is 23.4 Å². The number of nitrogens with zero attached hydrogens (tertiary/aromatic N) is 4. The van der Waals surface area contributed by atoms with Crippen LogP contribution >= 0.6 is 11.6 Å². The second-order valence-electron chi connectivity index (χ2n) is 4.77. The van der Waals surface area contributed by atoms with Gasteiger partial charge in [-0.2, -0.15) is 9.62 Å². The van der Waals surface area contributed by atoms with E-state index in [2.05, 4.69) is 9.36 Å². The van der Waals surface area contributed by atoms with Crippen molar-refractivity contribution in [2.45, 2.75) is 6.42 Å². The Morgan fingerprint density at radius 1 is 1.45 bits per heavy atom. The van der Waals surface area contributed by atoms with E-state index in [4.69, 9.17) is 16.9 Å². The minimum Gasteiger partial charge on any atom is -0.369 e. The number of rotatable bonds is 3. The van der Waals surface area contributed by atoms with E-state index in [1.165, 1.54) is 0 Å². The Morgan fingerprint density at radius 3 is 2.65 bits per heavy atom. The summed E-state index contributed by atoms with van der Waals surface area (Å²) in [5.74, 6) is 1.25. The Balaban J connectivity index is 2.50. The molecule has 106 valence electrons. The van der Waals surface area contributed by atoms with E-state index in [0.717, 1.165) is 6.42 Å². The summed E-state index contributed by atoms with van der Waals surface area (Å²) in [6.45, 7) is 0. The average Bonchev–Trinajstić information content (AvgIpc) is 2.34. The molecule has 1 aliphatic rings. The van der Waals surface area contributed by atoms with Crippen LogP contribution in [0.3, 0.4) is 0 Å². The Morgan fingerprint density at radius 2 is 2.15 bits per heavy atom. The summed E-state index contributed by atoms with van der Waals surface area (Å²) in [6.07, 6.45) is 2.53. The van der Waals surface area contributed by atoms with Gasteiger partial charge in [-0.3, -0.25) is 0 Å². The molecule has 7 heteroatoms. The predicted octanol–water partition coefficient (Wildman–Crippen LogP) is 2.94. The normalized spacial score (nSPS) is 16.5. The quantitative estimate of drug-likeness (QED) is 0.636. The molecule has 1 heterocycles. The minimum absolute atomic E-state index is 0.280. The largest absolute Gasteiger partial charge is 0.369 e. The molecule has 0 unspecified atom stereocenters. The Hall–Kier alpha value is -1.58. The van der Waals surface area contributed by atoms with Gasteiger partial charge >= 0.3 is 0 Å². The first kappa shape index (κ1) is 14.8. The summed E-state index contributed by atoms with van der Waals surface area (Å²) < 4.78 is 16.4. The van der Waals surface area contributed by atoms with Crippen LogP contribution in [0, 0.1) is 11.3 Å². The zero-order chi connectivity index (χ0) is 14.8.